The second-order valence-corrected chi connectivity index (χ2v) is 4.12. The molecule has 0 saturated carbocycles. The third kappa shape index (κ3) is 3.54. The minimum absolute atomic E-state index is 0.124. The first-order valence-corrected chi connectivity index (χ1v) is 5.65. The van der Waals surface area contributed by atoms with Crippen LogP contribution in [0.2, 0.25) is 0 Å². The molecule has 0 saturated heterocycles. The van der Waals surface area contributed by atoms with Crippen molar-refractivity contribution in [2.75, 3.05) is 18.5 Å². The number of halogens is 3. The van der Waals surface area contributed by atoms with Crippen LogP contribution in [0.1, 0.15) is 5.56 Å². The number of hydrogen-bond donors (Lipinski definition) is 2. The Kier molecular flexibility index (Phi) is 3.84. The molecule has 0 fully saturated rings. The normalized spacial score (nSPS) is 19.2. The third-order valence-electron chi connectivity index (χ3n) is 2.65. The Morgan fingerprint density at radius 1 is 1.42 bits per heavy atom. The molecule has 0 radical (unpaired) electrons. The van der Waals surface area contributed by atoms with Crippen LogP contribution in [0.15, 0.2) is 29.3 Å². The fraction of sp³-hybridized carbons (Fsp3) is 0.333. The van der Waals surface area contributed by atoms with Gasteiger partial charge in [0, 0.05) is 18.4 Å². The smallest absolute Gasteiger partial charge is 0.325 e. The highest BCUT2D eigenvalue weighted by Gasteiger charge is 2.30. The van der Waals surface area contributed by atoms with E-state index in [1.54, 1.807) is 0 Å². The Hall–Kier alpha value is -1.89. The van der Waals surface area contributed by atoms with Crippen molar-refractivity contribution in [3.8, 4) is 0 Å². The molecule has 0 aliphatic carbocycles. The van der Waals surface area contributed by atoms with Crippen LogP contribution >= 0.6 is 0 Å². The summed E-state index contributed by atoms with van der Waals surface area (Å²) >= 11 is 0. The molecule has 102 valence electrons. The summed E-state index contributed by atoms with van der Waals surface area (Å²) in [5.74, 6) is -0.849. The molecule has 1 heterocycles. The molecule has 2 N–H and O–H groups in total. The number of carbonyl (C=O) groups excluding carboxylic acids is 1. The van der Waals surface area contributed by atoms with Crippen molar-refractivity contribution in [2.45, 2.75) is 6.18 Å². The van der Waals surface area contributed by atoms with Crippen LogP contribution in [0.5, 0.6) is 0 Å². The summed E-state index contributed by atoms with van der Waals surface area (Å²) in [4.78, 5) is 15.7. The maximum absolute atomic E-state index is 12.5. The monoisotopic (exact) mass is 271 g/mol. The number of aliphatic imine (C=N–C) groups is 1. The largest absolute Gasteiger partial charge is 0.416 e. The van der Waals surface area contributed by atoms with Crippen molar-refractivity contribution in [3.05, 3.63) is 29.8 Å². The molecule has 1 atom stereocenters. The van der Waals surface area contributed by atoms with Gasteiger partial charge in [-0.15, -0.1) is 0 Å². The van der Waals surface area contributed by atoms with E-state index in [1.165, 1.54) is 18.3 Å². The Balaban J connectivity index is 2.08. The number of amides is 1. The fourth-order valence-corrected chi connectivity index (χ4v) is 1.69. The summed E-state index contributed by atoms with van der Waals surface area (Å²) in [5, 5.41) is 5.35. The zero-order valence-corrected chi connectivity index (χ0v) is 9.87. The number of alkyl halides is 3. The van der Waals surface area contributed by atoms with Gasteiger partial charge in [-0.1, -0.05) is 6.07 Å². The van der Waals surface area contributed by atoms with Gasteiger partial charge < -0.3 is 5.32 Å². The topological polar surface area (TPSA) is 53.5 Å². The number of anilines is 1. The molecule has 7 heteroatoms. The average molecular weight is 271 g/mol. The lowest BCUT2D eigenvalue weighted by molar-refractivity contribution is -0.137. The molecule has 1 amide bonds. The molecule has 1 aromatic rings. The Morgan fingerprint density at radius 3 is 2.84 bits per heavy atom. The summed E-state index contributed by atoms with van der Waals surface area (Å²) < 4.78 is 37.5. The zero-order valence-electron chi connectivity index (χ0n) is 9.87. The lowest BCUT2D eigenvalue weighted by atomic mass is 10.1. The van der Waals surface area contributed by atoms with Gasteiger partial charge in [0.05, 0.1) is 18.2 Å². The number of carbonyl (C=O) groups is 1. The Morgan fingerprint density at radius 2 is 2.21 bits per heavy atom. The van der Waals surface area contributed by atoms with Crippen molar-refractivity contribution in [3.63, 3.8) is 0 Å². The highest BCUT2D eigenvalue weighted by Crippen LogP contribution is 2.30. The van der Waals surface area contributed by atoms with Gasteiger partial charge >= 0.3 is 6.18 Å². The van der Waals surface area contributed by atoms with Gasteiger partial charge in [0.2, 0.25) is 5.91 Å². The second-order valence-electron chi connectivity index (χ2n) is 4.12. The van der Waals surface area contributed by atoms with Crippen LogP contribution in [-0.2, 0) is 11.0 Å². The molecule has 1 unspecified atom stereocenters. The Labute approximate surface area is 107 Å². The van der Waals surface area contributed by atoms with Crippen LogP contribution in [0.4, 0.5) is 18.9 Å². The minimum Gasteiger partial charge on any atom is -0.325 e. The first kappa shape index (κ1) is 13.5. The summed E-state index contributed by atoms with van der Waals surface area (Å²) in [5.41, 5.74) is -0.667. The molecule has 1 aliphatic heterocycles. The molecule has 19 heavy (non-hydrogen) atoms. The van der Waals surface area contributed by atoms with Crippen LogP contribution in [0.3, 0.4) is 0 Å². The van der Waals surface area contributed by atoms with E-state index in [4.69, 9.17) is 0 Å². The predicted molar refractivity (Wildman–Crippen MR) is 64.9 cm³/mol. The maximum Gasteiger partial charge on any atom is 0.416 e. The summed E-state index contributed by atoms with van der Waals surface area (Å²) in [6.07, 6.45) is -2.92. The molecule has 0 aromatic heterocycles. The van der Waals surface area contributed by atoms with E-state index in [0.717, 1.165) is 12.1 Å². The van der Waals surface area contributed by atoms with Gasteiger partial charge in [-0.05, 0) is 18.2 Å². The fourth-order valence-electron chi connectivity index (χ4n) is 1.69. The van der Waals surface area contributed by atoms with Crippen LogP contribution in [-0.4, -0.2) is 25.3 Å². The maximum atomic E-state index is 12.5. The molecule has 0 spiro atoms. The van der Waals surface area contributed by atoms with Gasteiger partial charge in [0.1, 0.15) is 0 Å². The number of hydrogen-bond acceptors (Lipinski definition) is 3. The van der Waals surface area contributed by atoms with E-state index in [0.29, 0.717) is 13.2 Å². The minimum atomic E-state index is -4.42. The van der Waals surface area contributed by atoms with Crippen molar-refractivity contribution < 1.29 is 18.0 Å². The summed E-state index contributed by atoms with van der Waals surface area (Å²) in [6.45, 7) is 0.877. The lowest BCUT2D eigenvalue weighted by Crippen LogP contribution is -2.36. The molecule has 2 rings (SSSR count). The number of benzene rings is 1. The molecule has 0 bridgehead atoms. The molecular formula is C12H12F3N3O. The van der Waals surface area contributed by atoms with Gasteiger partial charge in [0.25, 0.3) is 0 Å². The van der Waals surface area contributed by atoms with Crippen LogP contribution in [0.25, 0.3) is 0 Å². The van der Waals surface area contributed by atoms with Crippen molar-refractivity contribution in [1.82, 2.24) is 5.32 Å². The van der Waals surface area contributed by atoms with E-state index in [2.05, 4.69) is 15.6 Å². The van der Waals surface area contributed by atoms with Crippen LogP contribution in [0, 0.1) is 5.92 Å². The zero-order chi connectivity index (χ0) is 13.9. The highest BCUT2D eigenvalue weighted by atomic mass is 19.4. The number of rotatable bonds is 2. The standard InChI is InChI=1S/C12H12F3N3O/c13-12(14,15)9-2-1-3-10(4-9)18-11(19)8-5-16-7-17-6-8/h1-5,8,17H,6-7H2,(H,18,19). The molecular weight excluding hydrogens is 259 g/mol. The van der Waals surface area contributed by atoms with Crippen LogP contribution < -0.4 is 10.6 Å². The summed E-state index contributed by atoms with van der Waals surface area (Å²) in [6, 6.07) is 4.54. The number of nitrogens with one attached hydrogen (secondary N) is 2. The van der Waals surface area contributed by atoms with Gasteiger partial charge in [-0.25, -0.2) is 0 Å². The van der Waals surface area contributed by atoms with E-state index >= 15 is 0 Å². The molecule has 1 aromatic carbocycles. The lowest BCUT2D eigenvalue weighted by Gasteiger charge is -2.17. The Bertz CT molecular complexity index is 499. The molecule has 4 nitrogen and oxygen atoms in total. The van der Waals surface area contributed by atoms with E-state index in [-0.39, 0.29) is 11.6 Å². The summed E-state index contributed by atoms with van der Waals surface area (Å²) in [7, 11) is 0. The first-order valence-electron chi connectivity index (χ1n) is 5.65. The van der Waals surface area contributed by atoms with E-state index in [9.17, 15) is 18.0 Å². The SMILES string of the molecule is O=C(Nc1cccc(C(F)(F)F)c1)C1C=NCNC1. The number of nitrogens with zero attached hydrogens (tertiary/aromatic N) is 1. The molecule has 1 aliphatic rings. The van der Waals surface area contributed by atoms with Gasteiger partial charge in [0.15, 0.2) is 0 Å². The highest BCUT2D eigenvalue weighted by molar-refractivity contribution is 6.02. The van der Waals surface area contributed by atoms with Gasteiger partial charge in [-0.3, -0.25) is 15.1 Å². The average Bonchev–Trinajstić information content (AvgIpc) is 2.39. The van der Waals surface area contributed by atoms with Crippen molar-refractivity contribution >= 4 is 17.8 Å². The predicted octanol–water partition coefficient (Wildman–Crippen LogP) is 1.89. The quantitative estimate of drug-likeness (QED) is 0.863. The van der Waals surface area contributed by atoms with Crippen molar-refractivity contribution in [1.29, 1.82) is 0 Å². The van der Waals surface area contributed by atoms with Gasteiger partial charge in [-0.2, -0.15) is 13.2 Å². The van der Waals surface area contributed by atoms with E-state index < -0.39 is 17.7 Å². The second kappa shape index (κ2) is 5.40. The van der Waals surface area contributed by atoms with E-state index in [1.807, 2.05) is 0 Å². The first-order chi connectivity index (χ1) is 8.97. The third-order valence-corrected chi connectivity index (χ3v) is 2.65. The van der Waals surface area contributed by atoms with Crippen molar-refractivity contribution in [2.24, 2.45) is 10.9 Å².